The summed E-state index contributed by atoms with van der Waals surface area (Å²) in [6, 6.07) is 6.28. The normalized spacial score (nSPS) is 10.5. The molecule has 1 heterocycles. The molecule has 0 fully saturated rings. The van der Waals surface area contributed by atoms with Gasteiger partial charge in [0.15, 0.2) is 0 Å². The van der Waals surface area contributed by atoms with Crippen molar-refractivity contribution in [3.8, 4) is 0 Å². The molecule has 0 spiro atoms. The van der Waals surface area contributed by atoms with Crippen molar-refractivity contribution in [2.24, 2.45) is 0 Å². The predicted octanol–water partition coefficient (Wildman–Crippen LogP) is 2.24. The van der Waals surface area contributed by atoms with E-state index in [4.69, 9.17) is 0 Å². The third-order valence-corrected chi connectivity index (χ3v) is 3.36. The number of carbonyl (C=O) groups excluding carboxylic acids is 1. The van der Waals surface area contributed by atoms with Gasteiger partial charge in [0.1, 0.15) is 11.6 Å². The third kappa shape index (κ3) is 4.31. The molecule has 0 saturated heterocycles. The smallest absolute Gasteiger partial charge is 0.314 e. The summed E-state index contributed by atoms with van der Waals surface area (Å²) in [6.07, 6.45) is 2.46. The van der Waals surface area contributed by atoms with Crippen LogP contribution >= 0.6 is 0 Å². The van der Waals surface area contributed by atoms with Crippen LogP contribution in [0.25, 0.3) is 0 Å². The molecule has 2 aromatic rings. The summed E-state index contributed by atoms with van der Waals surface area (Å²) < 4.78 is 15.0. The molecule has 1 aromatic carbocycles. The van der Waals surface area contributed by atoms with Crippen molar-refractivity contribution < 1.29 is 9.18 Å². The molecule has 0 atom stereocenters. The van der Waals surface area contributed by atoms with Gasteiger partial charge < -0.3 is 15.2 Å². The Balaban J connectivity index is 1.98. The number of carbonyl (C=O) groups is 1. The number of rotatable bonds is 6. The summed E-state index contributed by atoms with van der Waals surface area (Å²) in [6.45, 7) is 5.62. The monoisotopic (exact) mass is 304 g/mol. The standard InChI is InChI=1S/C16H21FN4O/c1-3-18-16(22)19-9-8-15-20-10-12(2)21(15)11-13-4-6-14(17)7-5-13/h4-7,10H,3,8-9,11H2,1-2H3,(H2,18,19,22). The Morgan fingerprint density at radius 3 is 2.68 bits per heavy atom. The van der Waals surface area contributed by atoms with Crippen molar-refractivity contribution in [2.45, 2.75) is 26.8 Å². The SMILES string of the molecule is CCNC(=O)NCCc1ncc(C)n1Cc1ccc(F)cc1. The average Bonchev–Trinajstić information content (AvgIpc) is 2.83. The van der Waals surface area contributed by atoms with Crippen LogP contribution in [0.1, 0.15) is 24.0 Å². The van der Waals surface area contributed by atoms with Crippen molar-refractivity contribution in [1.29, 1.82) is 0 Å². The molecular formula is C16H21FN4O. The first-order chi connectivity index (χ1) is 10.6. The van der Waals surface area contributed by atoms with E-state index in [1.165, 1.54) is 12.1 Å². The van der Waals surface area contributed by atoms with E-state index >= 15 is 0 Å². The van der Waals surface area contributed by atoms with E-state index < -0.39 is 0 Å². The van der Waals surface area contributed by atoms with Gasteiger partial charge >= 0.3 is 6.03 Å². The van der Waals surface area contributed by atoms with E-state index in [1.807, 2.05) is 20.0 Å². The number of amides is 2. The van der Waals surface area contributed by atoms with Crippen LogP contribution < -0.4 is 10.6 Å². The quantitative estimate of drug-likeness (QED) is 0.860. The zero-order chi connectivity index (χ0) is 15.9. The zero-order valence-electron chi connectivity index (χ0n) is 12.9. The average molecular weight is 304 g/mol. The molecule has 0 aliphatic carbocycles. The van der Waals surface area contributed by atoms with E-state index in [-0.39, 0.29) is 11.8 Å². The first-order valence-electron chi connectivity index (χ1n) is 7.37. The van der Waals surface area contributed by atoms with Crippen LogP contribution in [-0.2, 0) is 13.0 Å². The Kier molecular flexibility index (Phi) is 5.52. The highest BCUT2D eigenvalue weighted by molar-refractivity contribution is 5.73. The Hall–Kier alpha value is -2.37. The fourth-order valence-corrected chi connectivity index (χ4v) is 2.21. The molecule has 0 bridgehead atoms. The lowest BCUT2D eigenvalue weighted by molar-refractivity contribution is 0.241. The molecule has 118 valence electrons. The molecule has 2 rings (SSSR count). The van der Waals surface area contributed by atoms with Gasteiger partial charge in [-0.3, -0.25) is 0 Å². The number of aromatic nitrogens is 2. The summed E-state index contributed by atoms with van der Waals surface area (Å²) in [7, 11) is 0. The lowest BCUT2D eigenvalue weighted by Crippen LogP contribution is -2.36. The van der Waals surface area contributed by atoms with Crippen LogP contribution in [0.3, 0.4) is 0 Å². The lowest BCUT2D eigenvalue weighted by Gasteiger charge is -2.11. The van der Waals surface area contributed by atoms with Gasteiger partial charge in [-0.1, -0.05) is 12.1 Å². The second-order valence-corrected chi connectivity index (χ2v) is 5.06. The lowest BCUT2D eigenvalue weighted by atomic mass is 10.2. The predicted molar refractivity (Wildman–Crippen MR) is 83.2 cm³/mol. The highest BCUT2D eigenvalue weighted by Crippen LogP contribution is 2.11. The molecule has 0 unspecified atom stereocenters. The molecule has 0 radical (unpaired) electrons. The Labute approximate surface area is 129 Å². The molecule has 0 aliphatic heterocycles. The number of benzene rings is 1. The van der Waals surface area contributed by atoms with Crippen LogP contribution in [0.2, 0.25) is 0 Å². The minimum absolute atomic E-state index is 0.170. The van der Waals surface area contributed by atoms with E-state index in [0.29, 0.717) is 26.1 Å². The summed E-state index contributed by atoms with van der Waals surface area (Å²) in [5, 5.41) is 5.47. The molecular weight excluding hydrogens is 283 g/mol. The van der Waals surface area contributed by atoms with E-state index in [2.05, 4.69) is 20.2 Å². The first-order valence-corrected chi connectivity index (χ1v) is 7.37. The van der Waals surface area contributed by atoms with Gasteiger partial charge in [0, 0.05) is 37.9 Å². The maximum atomic E-state index is 13.0. The van der Waals surface area contributed by atoms with Crippen LogP contribution in [0.5, 0.6) is 0 Å². The summed E-state index contributed by atoms with van der Waals surface area (Å²) in [5.41, 5.74) is 2.05. The highest BCUT2D eigenvalue weighted by atomic mass is 19.1. The van der Waals surface area contributed by atoms with E-state index in [0.717, 1.165) is 17.1 Å². The van der Waals surface area contributed by atoms with Gasteiger partial charge in [-0.25, -0.2) is 14.2 Å². The number of halogens is 1. The van der Waals surface area contributed by atoms with Crippen LogP contribution in [-0.4, -0.2) is 28.7 Å². The Morgan fingerprint density at radius 1 is 1.27 bits per heavy atom. The fourth-order valence-electron chi connectivity index (χ4n) is 2.21. The second kappa shape index (κ2) is 7.59. The van der Waals surface area contributed by atoms with Crippen molar-refractivity contribution in [3.63, 3.8) is 0 Å². The van der Waals surface area contributed by atoms with Crippen LogP contribution in [0, 0.1) is 12.7 Å². The minimum atomic E-state index is -0.238. The summed E-state index contributed by atoms with van der Waals surface area (Å²) >= 11 is 0. The van der Waals surface area contributed by atoms with Crippen LogP contribution in [0.4, 0.5) is 9.18 Å². The number of hydrogen-bond acceptors (Lipinski definition) is 2. The molecule has 1 aromatic heterocycles. The molecule has 0 aliphatic rings. The first kappa shape index (κ1) is 16.0. The summed E-state index contributed by atoms with van der Waals surface area (Å²) in [4.78, 5) is 15.8. The summed E-state index contributed by atoms with van der Waals surface area (Å²) in [5.74, 6) is 0.663. The zero-order valence-corrected chi connectivity index (χ0v) is 12.9. The molecule has 2 N–H and O–H groups in total. The van der Waals surface area contributed by atoms with Crippen LogP contribution in [0.15, 0.2) is 30.5 Å². The van der Waals surface area contributed by atoms with Crippen molar-refractivity contribution in [2.75, 3.05) is 13.1 Å². The fraction of sp³-hybridized carbons (Fsp3) is 0.375. The Bertz CT molecular complexity index is 622. The van der Waals surface area contributed by atoms with E-state index in [9.17, 15) is 9.18 Å². The maximum absolute atomic E-state index is 13.0. The molecule has 2 amide bonds. The Morgan fingerprint density at radius 2 is 2.00 bits per heavy atom. The number of hydrogen-bond donors (Lipinski definition) is 2. The number of imidazole rings is 1. The molecule has 0 saturated carbocycles. The topological polar surface area (TPSA) is 59.0 Å². The third-order valence-electron chi connectivity index (χ3n) is 3.36. The van der Waals surface area contributed by atoms with Gasteiger partial charge in [0.2, 0.25) is 0 Å². The van der Waals surface area contributed by atoms with Gasteiger partial charge in [-0.15, -0.1) is 0 Å². The largest absolute Gasteiger partial charge is 0.338 e. The van der Waals surface area contributed by atoms with Crippen molar-refractivity contribution in [3.05, 3.63) is 53.4 Å². The van der Waals surface area contributed by atoms with Gasteiger partial charge in [-0.2, -0.15) is 0 Å². The number of nitrogens with one attached hydrogen (secondary N) is 2. The molecule has 6 heteroatoms. The van der Waals surface area contributed by atoms with Gasteiger partial charge in [0.25, 0.3) is 0 Å². The molecule has 5 nitrogen and oxygen atoms in total. The second-order valence-electron chi connectivity index (χ2n) is 5.06. The highest BCUT2D eigenvalue weighted by Gasteiger charge is 2.08. The maximum Gasteiger partial charge on any atom is 0.314 e. The molecule has 22 heavy (non-hydrogen) atoms. The number of urea groups is 1. The number of nitrogens with zero attached hydrogens (tertiary/aromatic N) is 2. The van der Waals surface area contributed by atoms with Gasteiger partial charge in [-0.05, 0) is 31.5 Å². The minimum Gasteiger partial charge on any atom is -0.338 e. The van der Waals surface area contributed by atoms with E-state index in [1.54, 1.807) is 12.1 Å². The van der Waals surface area contributed by atoms with Crippen molar-refractivity contribution in [1.82, 2.24) is 20.2 Å². The van der Waals surface area contributed by atoms with Gasteiger partial charge in [0.05, 0.1) is 0 Å². The number of aryl methyl sites for hydroxylation is 1. The van der Waals surface area contributed by atoms with Crippen molar-refractivity contribution >= 4 is 6.03 Å².